The summed E-state index contributed by atoms with van der Waals surface area (Å²) < 4.78 is 7.04. The van der Waals surface area contributed by atoms with Crippen LogP contribution in [-0.4, -0.2) is 47.5 Å². The van der Waals surface area contributed by atoms with Crippen LogP contribution in [0.4, 0.5) is 0 Å². The summed E-state index contributed by atoms with van der Waals surface area (Å²) in [6.45, 7) is 0.122. The van der Waals surface area contributed by atoms with E-state index in [1.165, 1.54) is 29.0 Å². The summed E-state index contributed by atoms with van der Waals surface area (Å²) >= 11 is 0. The summed E-state index contributed by atoms with van der Waals surface area (Å²) in [4.78, 5) is 37.2. The molecule has 142 valence electrons. The van der Waals surface area contributed by atoms with E-state index in [-0.39, 0.29) is 12.1 Å². The van der Waals surface area contributed by atoms with Gasteiger partial charge in [-0.25, -0.2) is 9.59 Å². The molecule has 8 heteroatoms. The van der Waals surface area contributed by atoms with Crippen LogP contribution in [0.15, 0.2) is 51.1 Å². The third-order valence-electron chi connectivity index (χ3n) is 3.81. The summed E-state index contributed by atoms with van der Waals surface area (Å²) in [5.41, 5.74) is 0.295. The zero-order chi connectivity index (χ0) is 20.0. The summed E-state index contributed by atoms with van der Waals surface area (Å²) in [5, 5.41) is 5.65. The van der Waals surface area contributed by atoms with E-state index < -0.39 is 17.2 Å². The van der Waals surface area contributed by atoms with E-state index in [4.69, 9.17) is 0 Å². The van der Waals surface area contributed by atoms with Gasteiger partial charge in [-0.15, -0.1) is 0 Å². The Bertz CT molecular complexity index is 985. The topological polar surface area (TPSA) is 85.9 Å². The zero-order valence-electron chi connectivity index (χ0n) is 15.7. The number of carbonyl (C=O) groups is 1. The minimum atomic E-state index is -0.603. The third kappa shape index (κ3) is 4.81. The lowest BCUT2D eigenvalue weighted by Gasteiger charge is -2.13. The van der Waals surface area contributed by atoms with Gasteiger partial charge >= 0.3 is 11.7 Å². The standard InChI is InChI=1S/C19H22N4O4/c1-21(2)20-12-16-15(10-11-17(24)27-4)18(25)23(19(26)22(16)3)13-14-8-6-5-7-9-14/h5-12H,13H2,1-4H3/b11-10+,20-12+. The summed E-state index contributed by atoms with van der Waals surface area (Å²) in [5.74, 6) is -0.603. The molecule has 0 atom stereocenters. The first kappa shape index (κ1) is 19.9. The molecule has 8 nitrogen and oxygen atoms in total. The molecule has 1 heterocycles. The summed E-state index contributed by atoms with van der Waals surface area (Å²) in [6.07, 6.45) is 3.89. The Hall–Kier alpha value is -3.42. The molecule has 0 saturated carbocycles. The van der Waals surface area contributed by atoms with Crippen LogP contribution in [0.1, 0.15) is 16.8 Å². The number of nitrogens with zero attached hydrogens (tertiary/aromatic N) is 4. The Balaban J connectivity index is 2.68. The molecule has 0 amide bonds. The number of aromatic nitrogens is 2. The molecule has 27 heavy (non-hydrogen) atoms. The van der Waals surface area contributed by atoms with Crippen molar-refractivity contribution in [1.29, 1.82) is 0 Å². The number of methoxy groups -OCH3 is 1. The second-order valence-electron chi connectivity index (χ2n) is 5.97. The fourth-order valence-corrected chi connectivity index (χ4v) is 2.41. The lowest BCUT2D eigenvalue weighted by molar-refractivity contribution is -0.134. The van der Waals surface area contributed by atoms with Crippen LogP contribution in [0, 0.1) is 0 Å². The predicted molar refractivity (Wildman–Crippen MR) is 104 cm³/mol. The third-order valence-corrected chi connectivity index (χ3v) is 3.81. The van der Waals surface area contributed by atoms with Crippen molar-refractivity contribution in [3.05, 3.63) is 74.1 Å². The first-order valence-corrected chi connectivity index (χ1v) is 8.20. The fourth-order valence-electron chi connectivity index (χ4n) is 2.41. The molecule has 1 aromatic carbocycles. The lowest BCUT2D eigenvalue weighted by Crippen LogP contribution is -2.42. The van der Waals surface area contributed by atoms with Crippen LogP contribution < -0.4 is 11.2 Å². The van der Waals surface area contributed by atoms with E-state index in [2.05, 4.69) is 9.84 Å². The monoisotopic (exact) mass is 370 g/mol. The average molecular weight is 370 g/mol. The molecular formula is C19H22N4O4. The van der Waals surface area contributed by atoms with Gasteiger partial charge in [-0.3, -0.25) is 13.9 Å². The Morgan fingerprint density at radius 3 is 2.48 bits per heavy atom. The highest BCUT2D eigenvalue weighted by molar-refractivity contribution is 5.90. The van der Waals surface area contributed by atoms with E-state index in [9.17, 15) is 14.4 Å². The smallest absolute Gasteiger partial charge is 0.331 e. The van der Waals surface area contributed by atoms with Gasteiger partial charge in [0.25, 0.3) is 5.56 Å². The number of hydrazone groups is 1. The van der Waals surface area contributed by atoms with Gasteiger partial charge in [-0.2, -0.15) is 5.10 Å². The van der Waals surface area contributed by atoms with Crippen LogP contribution in [0.3, 0.4) is 0 Å². The minimum Gasteiger partial charge on any atom is -0.466 e. The van der Waals surface area contributed by atoms with Gasteiger partial charge in [0.15, 0.2) is 0 Å². The fraction of sp³-hybridized carbons (Fsp3) is 0.263. The quantitative estimate of drug-likeness (QED) is 0.323. The number of rotatable bonds is 6. The van der Waals surface area contributed by atoms with Gasteiger partial charge < -0.3 is 9.75 Å². The number of benzene rings is 1. The van der Waals surface area contributed by atoms with Crippen molar-refractivity contribution in [3.63, 3.8) is 0 Å². The van der Waals surface area contributed by atoms with Crippen LogP contribution in [0.5, 0.6) is 0 Å². The lowest BCUT2D eigenvalue weighted by atomic mass is 10.2. The Labute approximate surface area is 156 Å². The largest absolute Gasteiger partial charge is 0.466 e. The minimum absolute atomic E-state index is 0.122. The van der Waals surface area contributed by atoms with E-state index in [0.717, 1.165) is 16.2 Å². The van der Waals surface area contributed by atoms with Crippen molar-refractivity contribution in [3.8, 4) is 0 Å². The maximum Gasteiger partial charge on any atom is 0.331 e. The van der Waals surface area contributed by atoms with Crippen molar-refractivity contribution in [2.45, 2.75) is 6.54 Å². The van der Waals surface area contributed by atoms with E-state index in [0.29, 0.717) is 5.69 Å². The van der Waals surface area contributed by atoms with Gasteiger partial charge in [-0.05, 0) is 11.6 Å². The molecule has 0 fully saturated rings. The normalized spacial score (nSPS) is 11.3. The molecule has 0 aliphatic rings. The van der Waals surface area contributed by atoms with Crippen LogP contribution in [0.2, 0.25) is 0 Å². The SMILES string of the molecule is COC(=O)/C=C/c1c(/C=N/N(C)C)n(C)c(=O)n(Cc2ccccc2)c1=O. The second-order valence-corrected chi connectivity index (χ2v) is 5.97. The highest BCUT2D eigenvalue weighted by atomic mass is 16.5. The van der Waals surface area contributed by atoms with Crippen molar-refractivity contribution >= 4 is 18.3 Å². The first-order valence-electron chi connectivity index (χ1n) is 8.20. The average Bonchev–Trinajstić information content (AvgIpc) is 2.66. The molecular weight excluding hydrogens is 348 g/mol. The van der Waals surface area contributed by atoms with Crippen molar-refractivity contribution in [2.24, 2.45) is 12.1 Å². The molecule has 0 aliphatic carbocycles. The van der Waals surface area contributed by atoms with Crippen LogP contribution in [0.25, 0.3) is 6.08 Å². The second kappa shape index (κ2) is 8.79. The highest BCUT2D eigenvalue weighted by Gasteiger charge is 2.15. The molecule has 0 saturated heterocycles. The molecule has 1 aromatic heterocycles. The molecule has 2 rings (SSSR count). The van der Waals surface area contributed by atoms with Gasteiger partial charge in [-0.1, -0.05) is 30.3 Å². The molecule has 0 bridgehead atoms. The van der Waals surface area contributed by atoms with Gasteiger partial charge in [0.2, 0.25) is 0 Å². The van der Waals surface area contributed by atoms with Crippen molar-refractivity contribution in [1.82, 2.24) is 14.1 Å². The van der Waals surface area contributed by atoms with Crippen LogP contribution >= 0.6 is 0 Å². The van der Waals surface area contributed by atoms with E-state index >= 15 is 0 Å². The van der Waals surface area contributed by atoms with Crippen molar-refractivity contribution in [2.75, 3.05) is 21.2 Å². The number of hydrogen-bond acceptors (Lipinski definition) is 6. The van der Waals surface area contributed by atoms with Crippen molar-refractivity contribution < 1.29 is 9.53 Å². The maximum absolute atomic E-state index is 13.0. The zero-order valence-corrected chi connectivity index (χ0v) is 15.7. The number of ether oxygens (including phenoxy) is 1. The Kier molecular flexibility index (Phi) is 6.48. The molecule has 0 spiro atoms. The number of hydrogen-bond donors (Lipinski definition) is 0. The summed E-state index contributed by atoms with van der Waals surface area (Å²) in [7, 11) is 6.23. The van der Waals surface area contributed by atoms with Gasteiger partial charge in [0.1, 0.15) is 0 Å². The van der Waals surface area contributed by atoms with Crippen LogP contribution in [-0.2, 0) is 23.1 Å². The van der Waals surface area contributed by atoms with Gasteiger partial charge in [0, 0.05) is 27.2 Å². The first-order chi connectivity index (χ1) is 12.8. The predicted octanol–water partition coefficient (Wildman–Crippen LogP) is 0.677. The van der Waals surface area contributed by atoms with E-state index in [1.807, 2.05) is 30.3 Å². The maximum atomic E-state index is 13.0. The Morgan fingerprint density at radius 1 is 1.22 bits per heavy atom. The molecule has 0 unspecified atom stereocenters. The molecule has 0 aliphatic heterocycles. The number of carbonyl (C=O) groups excluding carboxylic acids is 1. The number of esters is 1. The summed E-state index contributed by atoms with van der Waals surface area (Å²) in [6, 6.07) is 9.19. The Morgan fingerprint density at radius 2 is 1.89 bits per heavy atom. The highest BCUT2D eigenvalue weighted by Crippen LogP contribution is 2.05. The van der Waals surface area contributed by atoms with E-state index in [1.54, 1.807) is 21.1 Å². The molecule has 0 radical (unpaired) electrons. The molecule has 0 N–H and O–H groups in total. The molecule has 2 aromatic rings. The van der Waals surface area contributed by atoms with Gasteiger partial charge in [0.05, 0.1) is 31.1 Å².